The first kappa shape index (κ1) is 27.8. The predicted octanol–water partition coefficient (Wildman–Crippen LogP) is 3.45. The maximum absolute atomic E-state index is 13.5. The highest BCUT2D eigenvalue weighted by atomic mass is 19.4. The van der Waals surface area contributed by atoms with Crippen molar-refractivity contribution in [3.63, 3.8) is 0 Å². The SMILES string of the molecule is C=C(/C(=C\C=C(/C)NC(=O)c1cncc(C#Cc2cnn3ccncc23)c1)CN1CCN(C)CC1)C(F)(F)F. The molecule has 0 radical (unpaired) electrons. The number of nitrogens with one attached hydrogen (secondary N) is 1. The van der Waals surface area contributed by atoms with E-state index in [1.807, 2.05) is 11.9 Å². The van der Waals surface area contributed by atoms with E-state index in [9.17, 15) is 18.0 Å². The van der Waals surface area contributed by atoms with Gasteiger partial charge in [0.2, 0.25) is 0 Å². The average Bonchev–Trinajstić information content (AvgIpc) is 3.33. The number of halogens is 3. The Morgan fingerprint density at radius 1 is 1.10 bits per heavy atom. The summed E-state index contributed by atoms with van der Waals surface area (Å²) in [7, 11) is 1.98. The van der Waals surface area contributed by atoms with E-state index < -0.39 is 17.7 Å². The third-order valence-electron chi connectivity index (χ3n) is 6.23. The van der Waals surface area contributed by atoms with E-state index in [0.29, 0.717) is 29.9 Å². The van der Waals surface area contributed by atoms with Crippen LogP contribution in [0.15, 0.2) is 78.8 Å². The number of rotatable bonds is 6. The summed E-state index contributed by atoms with van der Waals surface area (Å²) in [6.45, 7) is 7.90. The molecule has 202 valence electrons. The molecule has 0 atom stereocenters. The normalized spacial score (nSPS) is 15.6. The molecule has 39 heavy (non-hydrogen) atoms. The lowest BCUT2D eigenvalue weighted by Gasteiger charge is -2.33. The molecule has 1 saturated heterocycles. The Kier molecular flexibility index (Phi) is 8.59. The molecular weight excluding hydrogens is 507 g/mol. The number of aromatic nitrogens is 4. The van der Waals surface area contributed by atoms with Crippen LogP contribution in [0.25, 0.3) is 5.52 Å². The average molecular weight is 536 g/mol. The van der Waals surface area contributed by atoms with Crippen LogP contribution in [0, 0.1) is 11.8 Å². The molecule has 1 N–H and O–H groups in total. The highest BCUT2D eigenvalue weighted by Crippen LogP contribution is 2.30. The molecule has 1 aliphatic rings. The van der Waals surface area contributed by atoms with Crippen LogP contribution in [-0.4, -0.2) is 81.2 Å². The van der Waals surface area contributed by atoms with E-state index in [0.717, 1.165) is 18.6 Å². The number of likely N-dealkylation sites (N-methyl/N-ethyl adjacent to an activating group) is 1. The molecule has 1 fully saturated rings. The fourth-order valence-corrected chi connectivity index (χ4v) is 3.90. The van der Waals surface area contributed by atoms with Gasteiger partial charge in [0.25, 0.3) is 5.91 Å². The fraction of sp³-hybridized carbons (Fsp3) is 0.286. The Morgan fingerprint density at radius 2 is 1.87 bits per heavy atom. The summed E-state index contributed by atoms with van der Waals surface area (Å²) in [4.78, 5) is 25.1. The van der Waals surface area contributed by atoms with Crippen molar-refractivity contribution in [3.05, 3.63) is 95.5 Å². The topological polar surface area (TPSA) is 78.7 Å². The van der Waals surface area contributed by atoms with Gasteiger partial charge in [-0.15, -0.1) is 0 Å². The Bertz CT molecular complexity index is 1490. The van der Waals surface area contributed by atoms with Gasteiger partial charge >= 0.3 is 6.18 Å². The lowest BCUT2D eigenvalue weighted by atomic mass is 10.1. The second kappa shape index (κ2) is 12.1. The minimum absolute atomic E-state index is 0.0579. The van der Waals surface area contributed by atoms with Gasteiger partial charge in [0.15, 0.2) is 0 Å². The monoisotopic (exact) mass is 535 g/mol. The summed E-state index contributed by atoms with van der Waals surface area (Å²) in [6.07, 6.45) is 7.83. The van der Waals surface area contributed by atoms with Gasteiger partial charge in [-0.1, -0.05) is 24.5 Å². The Balaban J connectivity index is 1.46. The highest BCUT2D eigenvalue weighted by Gasteiger charge is 2.34. The molecule has 1 aliphatic heterocycles. The second-order valence-electron chi connectivity index (χ2n) is 9.23. The molecule has 8 nitrogen and oxygen atoms in total. The van der Waals surface area contributed by atoms with E-state index in [1.54, 1.807) is 42.3 Å². The molecule has 0 bridgehead atoms. The van der Waals surface area contributed by atoms with Crippen LogP contribution in [0.1, 0.15) is 28.4 Å². The van der Waals surface area contributed by atoms with E-state index in [4.69, 9.17) is 0 Å². The number of fused-ring (bicyclic) bond motifs is 1. The Morgan fingerprint density at radius 3 is 2.62 bits per heavy atom. The summed E-state index contributed by atoms with van der Waals surface area (Å²) in [5.41, 5.74) is 1.75. The number of alkyl halides is 3. The van der Waals surface area contributed by atoms with Crippen molar-refractivity contribution in [2.75, 3.05) is 39.8 Å². The largest absolute Gasteiger partial charge is 0.416 e. The summed E-state index contributed by atoms with van der Waals surface area (Å²) in [6, 6.07) is 1.59. The predicted molar refractivity (Wildman–Crippen MR) is 142 cm³/mol. The maximum atomic E-state index is 13.5. The zero-order valence-electron chi connectivity index (χ0n) is 21.7. The molecule has 0 unspecified atom stereocenters. The smallest absolute Gasteiger partial charge is 0.326 e. The van der Waals surface area contributed by atoms with Crippen molar-refractivity contribution in [2.45, 2.75) is 13.1 Å². The van der Waals surface area contributed by atoms with Crippen LogP contribution >= 0.6 is 0 Å². The molecule has 3 aromatic rings. The fourth-order valence-electron chi connectivity index (χ4n) is 3.90. The minimum atomic E-state index is -4.55. The van der Waals surface area contributed by atoms with Crippen LogP contribution < -0.4 is 5.32 Å². The number of nitrogens with zero attached hydrogens (tertiary/aromatic N) is 6. The van der Waals surface area contributed by atoms with Crippen molar-refractivity contribution in [1.29, 1.82) is 0 Å². The van der Waals surface area contributed by atoms with Gasteiger partial charge in [-0.3, -0.25) is 19.7 Å². The Labute approximate surface area is 224 Å². The minimum Gasteiger partial charge on any atom is -0.326 e. The van der Waals surface area contributed by atoms with Gasteiger partial charge in [0, 0.05) is 68.8 Å². The molecule has 0 aromatic carbocycles. The van der Waals surface area contributed by atoms with Crippen molar-refractivity contribution < 1.29 is 18.0 Å². The second-order valence-corrected chi connectivity index (χ2v) is 9.23. The molecule has 11 heteroatoms. The first-order valence-electron chi connectivity index (χ1n) is 12.2. The number of hydrogen-bond acceptors (Lipinski definition) is 6. The summed E-state index contributed by atoms with van der Waals surface area (Å²) < 4.78 is 42.0. The van der Waals surface area contributed by atoms with E-state index in [-0.39, 0.29) is 17.7 Å². The van der Waals surface area contributed by atoms with Crippen LogP contribution in [0.4, 0.5) is 13.2 Å². The lowest BCUT2D eigenvalue weighted by Crippen LogP contribution is -2.45. The number of amides is 1. The van der Waals surface area contributed by atoms with Gasteiger partial charge in [0.1, 0.15) is 5.52 Å². The van der Waals surface area contributed by atoms with Crippen molar-refractivity contribution >= 4 is 11.4 Å². The maximum Gasteiger partial charge on any atom is 0.416 e. The standard InChI is InChI=1S/C28H28F3N7O/c1-20(4-6-24(21(2)28(29,30)31)19-37-12-10-36(3)11-13-37)35-27(39)25-14-22(15-33-16-25)5-7-23-17-34-38-9-8-32-18-26(23)38/h4,6,8-9,14-18H,2,10-13,19H2,1,3H3,(H,35,39)/b20-4+,24-6-. The first-order chi connectivity index (χ1) is 18.6. The molecule has 3 aromatic heterocycles. The molecule has 0 spiro atoms. The van der Waals surface area contributed by atoms with Gasteiger partial charge in [-0.25, -0.2) is 4.52 Å². The van der Waals surface area contributed by atoms with E-state index >= 15 is 0 Å². The van der Waals surface area contributed by atoms with E-state index in [2.05, 4.69) is 43.7 Å². The van der Waals surface area contributed by atoms with Crippen LogP contribution in [0.3, 0.4) is 0 Å². The molecule has 4 rings (SSSR count). The number of hydrogen-bond donors (Lipinski definition) is 1. The summed E-state index contributed by atoms with van der Waals surface area (Å²) in [5, 5.41) is 6.91. The quantitative estimate of drug-likeness (QED) is 0.385. The van der Waals surface area contributed by atoms with Crippen molar-refractivity contribution in [3.8, 4) is 11.8 Å². The van der Waals surface area contributed by atoms with E-state index in [1.165, 1.54) is 24.5 Å². The summed E-state index contributed by atoms with van der Waals surface area (Å²) in [5.74, 6) is 5.53. The van der Waals surface area contributed by atoms with Gasteiger partial charge in [0.05, 0.1) is 29.1 Å². The number of allylic oxidation sites excluding steroid dienone is 3. The van der Waals surface area contributed by atoms with Gasteiger partial charge in [-0.2, -0.15) is 18.3 Å². The molecule has 1 amide bonds. The molecule has 0 saturated carbocycles. The van der Waals surface area contributed by atoms with Crippen molar-refractivity contribution in [2.24, 2.45) is 0 Å². The zero-order chi connectivity index (χ0) is 28.0. The zero-order valence-corrected chi connectivity index (χ0v) is 21.7. The number of carbonyl (C=O) groups excluding carboxylic acids is 1. The lowest BCUT2D eigenvalue weighted by molar-refractivity contribution is -0.0894. The van der Waals surface area contributed by atoms with Crippen molar-refractivity contribution in [1.82, 2.24) is 34.7 Å². The molecular formula is C28H28F3N7O. The first-order valence-corrected chi connectivity index (χ1v) is 12.2. The van der Waals surface area contributed by atoms with Crippen LogP contribution in [-0.2, 0) is 0 Å². The van der Waals surface area contributed by atoms with Gasteiger partial charge in [-0.05, 0) is 31.7 Å². The number of pyridine rings is 1. The van der Waals surface area contributed by atoms with Crippen LogP contribution in [0.2, 0.25) is 0 Å². The highest BCUT2D eigenvalue weighted by molar-refractivity contribution is 5.95. The number of carbonyl (C=O) groups is 1. The van der Waals surface area contributed by atoms with Crippen LogP contribution in [0.5, 0.6) is 0 Å². The summed E-state index contributed by atoms with van der Waals surface area (Å²) >= 11 is 0. The third kappa shape index (κ3) is 7.40. The molecule has 0 aliphatic carbocycles. The third-order valence-corrected chi connectivity index (χ3v) is 6.23. The van der Waals surface area contributed by atoms with Gasteiger partial charge < -0.3 is 10.2 Å². The number of piperazine rings is 1. The molecule has 4 heterocycles. The Hall–Kier alpha value is -4.27.